The summed E-state index contributed by atoms with van der Waals surface area (Å²) < 4.78 is 47.7. The number of likely N-dealkylation sites (tertiary alicyclic amines) is 1. The van der Waals surface area contributed by atoms with Crippen LogP contribution in [0.25, 0.3) is 5.82 Å². The van der Waals surface area contributed by atoms with E-state index in [1.54, 1.807) is 29.3 Å². The molecule has 3 aromatic heterocycles. The highest BCUT2D eigenvalue weighted by molar-refractivity contribution is 5.86. The third-order valence-corrected chi connectivity index (χ3v) is 6.45. The first-order chi connectivity index (χ1) is 18.9. The van der Waals surface area contributed by atoms with Crippen LogP contribution in [0.5, 0.6) is 5.75 Å². The van der Waals surface area contributed by atoms with Crippen LogP contribution in [0.3, 0.4) is 0 Å². The van der Waals surface area contributed by atoms with Crippen molar-refractivity contribution in [3.05, 3.63) is 71.7 Å². The summed E-state index contributed by atoms with van der Waals surface area (Å²) in [6, 6.07) is 3.73. The number of carbonyl (C=O) groups is 1. The number of Topliss-reactive ketones (excluding diaryl/α,β-unsaturated/α-hetero) is 1. The maximum atomic E-state index is 13.9. The molecule has 39 heavy (non-hydrogen) atoms. The van der Waals surface area contributed by atoms with Crippen molar-refractivity contribution in [3.63, 3.8) is 0 Å². The number of ketones is 1. The summed E-state index contributed by atoms with van der Waals surface area (Å²) in [4.78, 5) is 20.5. The van der Waals surface area contributed by atoms with E-state index >= 15 is 0 Å². The number of nitrogens with zero attached hydrogens (tertiary/aromatic N) is 9. The number of rotatable bonds is 10. The number of hydrogen-bond acceptors (Lipinski definition) is 10. The second-order valence-corrected chi connectivity index (χ2v) is 9.19. The molecule has 12 nitrogen and oxygen atoms in total. The molecule has 1 atom stereocenters. The Morgan fingerprint density at radius 2 is 1.90 bits per heavy atom. The second kappa shape index (κ2) is 11.7. The van der Waals surface area contributed by atoms with Gasteiger partial charge >= 0.3 is 0 Å². The molecule has 1 unspecified atom stereocenters. The van der Waals surface area contributed by atoms with Crippen molar-refractivity contribution in [1.82, 2.24) is 45.1 Å². The smallest absolute Gasteiger partial charge is 0.163 e. The van der Waals surface area contributed by atoms with E-state index < -0.39 is 23.5 Å². The van der Waals surface area contributed by atoms with Crippen molar-refractivity contribution < 1.29 is 22.7 Å². The summed E-state index contributed by atoms with van der Waals surface area (Å²) in [6.45, 7) is 1.55. The summed E-state index contributed by atoms with van der Waals surface area (Å²) in [5.41, 5.74) is 6.47. The maximum Gasteiger partial charge on any atom is 0.163 e. The third kappa shape index (κ3) is 6.43. The predicted octanol–water partition coefficient (Wildman–Crippen LogP) is 1.42. The first kappa shape index (κ1) is 26.4. The van der Waals surface area contributed by atoms with Gasteiger partial charge in [0.2, 0.25) is 0 Å². The van der Waals surface area contributed by atoms with Crippen molar-refractivity contribution >= 4 is 5.78 Å². The van der Waals surface area contributed by atoms with E-state index in [0.29, 0.717) is 36.4 Å². The zero-order valence-electron chi connectivity index (χ0n) is 20.7. The molecule has 15 heteroatoms. The average Bonchev–Trinajstić information content (AvgIpc) is 3.64. The van der Waals surface area contributed by atoms with E-state index in [9.17, 15) is 18.0 Å². The van der Waals surface area contributed by atoms with Crippen molar-refractivity contribution in [3.8, 4) is 11.6 Å². The molecule has 0 bridgehead atoms. The molecule has 4 heterocycles. The van der Waals surface area contributed by atoms with Gasteiger partial charge in [-0.1, -0.05) is 0 Å². The number of ether oxygens (including phenoxy) is 1. The summed E-state index contributed by atoms with van der Waals surface area (Å²) in [5.74, 6) is -2.56. The van der Waals surface area contributed by atoms with Gasteiger partial charge in [-0.25, -0.2) is 18.2 Å². The molecule has 2 N–H and O–H groups in total. The number of nitrogens with two attached hydrogens (primary N) is 1. The van der Waals surface area contributed by atoms with Crippen LogP contribution >= 0.6 is 0 Å². The fraction of sp³-hybridized carbons (Fsp3) is 0.375. The fourth-order valence-electron chi connectivity index (χ4n) is 4.29. The zero-order chi connectivity index (χ0) is 27.4. The zero-order valence-corrected chi connectivity index (χ0v) is 20.7. The van der Waals surface area contributed by atoms with Gasteiger partial charge in [0, 0.05) is 19.2 Å². The van der Waals surface area contributed by atoms with Crippen LogP contribution in [0.15, 0.2) is 43.0 Å². The van der Waals surface area contributed by atoms with Gasteiger partial charge in [-0.15, -0.1) is 5.10 Å². The molecule has 1 aromatic carbocycles. The van der Waals surface area contributed by atoms with Crippen LogP contribution in [-0.4, -0.2) is 76.5 Å². The lowest BCUT2D eigenvalue weighted by molar-refractivity contribution is -0.121. The van der Waals surface area contributed by atoms with E-state index in [2.05, 4.69) is 30.7 Å². The first-order valence-electron chi connectivity index (χ1n) is 12.2. The Labute approximate surface area is 220 Å². The topological polar surface area (TPSA) is 143 Å². The largest absolute Gasteiger partial charge is 0.486 e. The Morgan fingerprint density at radius 3 is 2.62 bits per heavy atom. The number of pyridine rings is 1. The number of tetrazole rings is 1. The van der Waals surface area contributed by atoms with Gasteiger partial charge in [0.05, 0.1) is 31.0 Å². The predicted molar refractivity (Wildman–Crippen MR) is 129 cm³/mol. The van der Waals surface area contributed by atoms with Crippen molar-refractivity contribution in [2.24, 2.45) is 5.73 Å². The quantitative estimate of drug-likeness (QED) is 0.292. The maximum absolute atomic E-state index is 13.9. The van der Waals surface area contributed by atoms with Gasteiger partial charge in [-0.05, 0) is 53.5 Å². The highest BCUT2D eigenvalue weighted by Crippen LogP contribution is 2.22. The van der Waals surface area contributed by atoms with E-state index in [4.69, 9.17) is 10.5 Å². The molecule has 0 radical (unpaired) electrons. The summed E-state index contributed by atoms with van der Waals surface area (Å²) in [6.07, 6.45) is 5.89. The van der Waals surface area contributed by atoms with E-state index in [1.807, 2.05) is 4.90 Å². The SMILES string of the molecule is NC(Cc1cc(F)c(F)cc1F)C(=O)CN1CCC(n2ncc(COc3ccc(-n4cnnn4)nc3)n2)CC1. The molecular formula is C24H25F3N10O2. The summed E-state index contributed by atoms with van der Waals surface area (Å²) >= 11 is 0. The number of aromatic nitrogens is 8. The van der Waals surface area contributed by atoms with E-state index in [0.717, 1.165) is 18.9 Å². The summed E-state index contributed by atoms with van der Waals surface area (Å²) in [7, 11) is 0. The molecule has 0 spiro atoms. The molecule has 1 aliphatic rings. The number of carbonyl (C=O) groups excluding carboxylic acids is 1. The molecule has 4 aromatic rings. The number of hydrogen-bond donors (Lipinski definition) is 1. The van der Waals surface area contributed by atoms with Gasteiger partial charge < -0.3 is 10.5 Å². The fourth-order valence-corrected chi connectivity index (χ4v) is 4.29. The van der Waals surface area contributed by atoms with Crippen LogP contribution in [0.4, 0.5) is 13.2 Å². The lowest BCUT2D eigenvalue weighted by Crippen LogP contribution is -2.44. The Bertz CT molecular complexity index is 1410. The van der Waals surface area contributed by atoms with Crippen LogP contribution in [0.2, 0.25) is 0 Å². The Kier molecular flexibility index (Phi) is 7.88. The van der Waals surface area contributed by atoms with E-state index in [1.165, 1.54) is 11.0 Å². The number of halogens is 3. The molecule has 0 amide bonds. The van der Waals surface area contributed by atoms with Gasteiger partial charge in [-0.3, -0.25) is 9.69 Å². The standard InChI is InChI=1S/C24H25F3N10O2/c25-19-9-21(27)20(26)7-15(19)8-22(28)23(38)12-35-5-3-17(4-6-35)37-31-10-16(32-37)13-39-18-1-2-24(29-11-18)36-14-30-33-34-36/h1-2,7,9-11,14,17,22H,3-6,8,12-13,28H2. The van der Waals surface area contributed by atoms with E-state index in [-0.39, 0.29) is 37.0 Å². The Morgan fingerprint density at radius 1 is 1.10 bits per heavy atom. The second-order valence-electron chi connectivity index (χ2n) is 9.19. The van der Waals surface area contributed by atoms with Crippen LogP contribution in [-0.2, 0) is 17.8 Å². The molecule has 0 saturated carbocycles. The molecule has 0 aliphatic carbocycles. The third-order valence-electron chi connectivity index (χ3n) is 6.45. The Hall–Kier alpha value is -4.24. The Balaban J connectivity index is 1.07. The minimum atomic E-state index is -1.28. The van der Waals surface area contributed by atoms with Crippen molar-refractivity contribution in [2.45, 2.75) is 38.0 Å². The highest BCUT2D eigenvalue weighted by Gasteiger charge is 2.26. The molecule has 1 saturated heterocycles. The minimum absolute atomic E-state index is 0.0623. The van der Waals surface area contributed by atoms with Gasteiger partial charge in [0.25, 0.3) is 0 Å². The minimum Gasteiger partial charge on any atom is -0.486 e. The van der Waals surface area contributed by atoms with Gasteiger partial charge in [0.1, 0.15) is 30.2 Å². The molecule has 1 fully saturated rings. The first-order valence-corrected chi connectivity index (χ1v) is 12.2. The summed E-state index contributed by atoms with van der Waals surface area (Å²) in [5, 5.41) is 19.8. The molecule has 1 aliphatic heterocycles. The number of piperidine rings is 1. The van der Waals surface area contributed by atoms with Crippen LogP contribution in [0.1, 0.15) is 30.1 Å². The lowest BCUT2D eigenvalue weighted by Gasteiger charge is -2.31. The van der Waals surface area contributed by atoms with Crippen molar-refractivity contribution in [2.75, 3.05) is 19.6 Å². The van der Waals surface area contributed by atoms with Gasteiger partial charge in [-0.2, -0.15) is 19.7 Å². The molecule has 5 rings (SSSR count). The monoisotopic (exact) mass is 542 g/mol. The average molecular weight is 543 g/mol. The van der Waals surface area contributed by atoms with Gasteiger partial charge in [0.15, 0.2) is 23.2 Å². The molecular weight excluding hydrogens is 517 g/mol. The normalized spacial score (nSPS) is 15.4. The van der Waals surface area contributed by atoms with Crippen molar-refractivity contribution in [1.29, 1.82) is 0 Å². The number of benzene rings is 1. The lowest BCUT2D eigenvalue weighted by atomic mass is 10.0. The van der Waals surface area contributed by atoms with Crippen LogP contribution < -0.4 is 10.5 Å². The van der Waals surface area contributed by atoms with Crippen LogP contribution in [0, 0.1) is 17.5 Å². The molecule has 204 valence electrons. The highest BCUT2D eigenvalue weighted by atomic mass is 19.2.